The van der Waals surface area contributed by atoms with Crippen molar-refractivity contribution in [2.24, 2.45) is 0 Å². The highest BCUT2D eigenvalue weighted by molar-refractivity contribution is 7.99. The molecule has 0 saturated carbocycles. The van der Waals surface area contributed by atoms with Crippen LogP contribution < -0.4 is 5.32 Å². The lowest BCUT2D eigenvalue weighted by molar-refractivity contribution is -0.742. The molecule has 2 aliphatic heterocycles. The lowest BCUT2D eigenvalue weighted by Crippen LogP contribution is -2.52. The summed E-state index contributed by atoms with van der Waals surface area (Å²) in [6.45, 7) is 0. The van der Waals surface area contributed by atoms with Crippen LogP contribution in [0.5, 0.6) is 0 Å². The lowest BCUT2D eigenvalue weighted by atomic mass is 10.1. The number of nitrogens with zero attached hydrogens (tertiary/aromatic N) is 2. The highest BCUT2D eigenvalue weighted by Crippen LogP contribution is 2.40. The van der Waals surface area contributed by atoms with Gasteiger partial charge in [-0.3, -0.25) is 4.98 Å². The van der Waals surface area contributed by atoms with Crippen LogP contribution in [0.15, 0.2) is 42.5 Å². The number of amides is 2. The molecule has 1 aromatic rings. The van der Waals surface area contributed by atoms with Gasteiger partial charge in [-0.2, -0.15) is 4.48 Å². The van der Waals surface area contributed by atoms with Gasteiger partial charge in [0.1, 0.15) is 17.8 Å². The number of rotatable bonds is 1. The second-order valence-electron chi connectivity index (χ2n) is 4.67. The number of nitrogens with one attached hydrogen (secondary N) is 1. The molecule has 0 aliphatic carbocycles. The molecule has 1 N–H and O–H groups in total. The van der Waals surface area contributed by atoms with Crippen LogP contribution in [0, 0.1) is 0 Å². The molecule has 3 rings (SSSR count). The van der Waals surface area contributed by atoms with Crippen LogP contribution >= 0.6 is 11.8 Å². The number of aromatic nitrogens is 1. The molecule has 98 valence electrons. The summed E-state index contributed by atoms with van der Waals surface area (Å²) in [6, 6.07) is 3.99. The number of allylic oxidation sites excluding steroid dienone is 3. The van der Waals surface area contributed by atoms with Gasteiger partial charge in [-0.05, 0) is 6.07 Å². The molecule has 0 spiro atoms. The third-order valence-corrected chi connectivity index (χ3v) is 4.65. The minimum absolute atomic E-state index is 0.0392. The summed E-state index contributed by atoms with van der Waals surface area (Å²) in [7, 11) is 1.70. The fraction of sp³-hybridized carbons (Fsp3) is 0.286. The molecule has 1 saturated heterocycles. The molecule has 2 aliphatic rings. The highest BCUT2D eigenvalue weighted by Gasteiger charge is 2.45. The van der Waals surface area contributed by atoms with E-state index < -0.39 is 0 Å². The summed E-state index contributed by atoms with van der Waals surface area (Å²) in [5.74, 6) is 1.85. The molecule has 5 heteroatoms. The van der Waals surface area contributed by atoms with Gasteiger partial charge in [-0.1, -0.05) is 6.07 Å². The fourth-order valence-electron chi connectivity index (χ4n) is 2.57. The van der Waals surface area contributed by atoms with Crippen LogP contribution in [-0.2, 0) is 0 Å². The predicted molar refractivity (Wildman–Crippen MR) is 77.0 cm³/mol. The molecule has 0 bridgehead atoms. The van der Waals surface area contributed by atoms with Crippen molar-refractivity contribution in [3.05, 3.63) is 48.1 Å². The van der Waals surface area contributed by atoms with Crippen molar-refractivity contribution in [3.8, 4) is 0 Å². The van der Waals surface area contributed by atoms with Gasteiger partial charge in [0.25, 0.3) is 0 Å². The standard InChI is InChI=1S/C14H15N3OS/c1-15-14(18)17-9-12(11-3-2-5-16-8-11)7-13(17)4-6-19-10-17/h2-3,5,7-9H,4,6,10H2,1H3/p+1. The molecular formula is C14H16N3OS+. The van der Waals surface area contributed by atoms with Crippen LogP contribution in [0.4, 0.5) is 4.79 Å². The summed E-state index contributed by atoms with van der Waals surface area (Å²) in [5, 5.41) is 2.79. The first-order valence-electron chi connectivity index (χ1n) is 6.28. The van der Waals surface area contributed by atoms with Crippen molar-refractivity contribution in [2.45, 2.75) is 6.42 Å². The Balaban J connectivity index is 2.05. The van der Waals surface area contributed by atoms with E-state index in [1.165, 1.54) is 5.70 Å². The molecular weight excluding hydrogens is 258 g/mol. The number of quaternary nitrogens is 1. The van der Waals surface area contributed by atoms with Crippen molar-refractivity contribution in [3.63, 3.8) is 0 Å². The molecule has 1 aromatic heterocycles. The number of hydrogen-bond acceptors (Lipinski definition) is 3. The van der Waals surface area contributed by atoms with E-state index in [2.05, 4.69) is 22.6 Å². The summed E-state index contributed by atoms with van der Waals surface area (Å²) < 4.78 is 0.311. The number of carbonyl (C=O) groups excluding carboxylic acids is 1. The van der Waals surface area contributed by atoms with Gasteiger partial charge in [0.2, 0.25) is 0 Å². The normalized spacial score (nSPS) is 25.3. The summed E-state index contributed by atoms with van der Waals surface area (Å²) >= 11 is 1.82. The molecule has 1 unspecified atom stereocenters. The lowest BCUT2D eigenvalue weighted by Gasteiger charge is -2.33. The first-order chi connectivity index (χ1) is 9.26. The van der Waals surface area contributed by atoms with Gasteiger partial charge in [0.15, 0.2) is 0 Å². The van der Waals surface area contributed by atoms with Crippen LogP contribution in [0.2, 0.25) is 0 Å². The van der Waals surface area contributed by atoms with Gasteiger partial charge < -0.3 is 5.32 Å². The van der Waals surface area contributed by atoms with Crippen LogP contribution in [-0.4, -0.2) is 34.2 Å². The smallest absolute Gasteiger partial charge is 0.308 e. The van der Waals surface area contributed by atoms with E-state index in [0.29, 0.717) is 4.48 Å². The maximum Gasteiger partial charge on any atom is 0.426 e. The molecule has 0 radical (unpaired) electrons. The summed E-state index contributed by atoms with van der Waals surface area (Å²) in [6.07, 6.45) is 8.76. The molecule has 4 nitrogen and oxygen atoms in total. The maximum absolute atomic E-state index is 12.3. The van der Waals surface area contributed by atoms with Crippen LogP contribution in [0.25, 0.3) is 5.57 Å². The largest absolute Gasteiger partial charge is 0.426 e. The minimum Gasteiger partial charge on any atom is -0.308 e. The van der Waals surface area contributed by atoms with Crippen molar-refractivity contribution in [1.29, 1.82) is 0 Å². The zero-order valence-electron chi connectivity index (χ0n) is 10.8. The molecule has 19 heavy (non-hydrogen) atoms. The first kappa shape index (κ1) is 12.4. The fourth-order valence-corrected chi connectivity index (χ4v) is 3.70. The van der Waals surface area contributed by atoms with Gasteiger partial charge in [-0.25, -0.2) is 4.79 Å². The van der Waals surface area contributed by atoms with E-state index >= 15 is 0 Å². The number of fused-ring (bicyclic) bond motifs is 1. The van der Waals surface area contributed by atoms with Gasteiger partial charge in [0, 0.05) is 48.8 Å². The SMILES string of the molecule is CNC(=O)[N+]12C=C(c3cccnc3)C=C1CCSC2. The minimum atomic E-state index is 0.0392. The average molecular weight is 274 g/mol. The number of hydrogen-bond donors (Lipinski definition) is 1. The second kappa shape index (κ2) is 4.83. The second-order valence-corrected chi connectivity index (χ2v) is 5.75. The van der Waals surface area contributed by atoms with Gasteiger partial charge in [0.05, 0.1) is 0 Å². The topological polar surface area (TPSA) is 42.0 Å². The summed E-state index contributed by atoms with van der Waals surface area (Å²) in [5.41, 5.74) is 3.34. The number of carbonyl (C=O) groups is 1. The Morgan fingerprint density at radius 1 is 1.53 bits per heavy atom. The molecule has 1 fully saturated rings. The van der Waals surface area contributed by atoms with E-state index in [9.17, 15) is 4.79 Å². The van der Waals surface area contributed by atoms with Crippen LogP contribution in [0.3, 0.4) is 0 Å². The number of thioether (sulfide) groups is 1. The van der Waals surface area contributed by atoms with Gasteiger partial charge >= 0.3 is 6.03 Å². The third kappa shape index (κ3) is 1.99. The van der Waals surface area contributed by atoms with E-state index in [0.717, 1.165) is 29.2 Å². The zero-order valence-corrected chi connectivity index (χ0v) is 11.6. The van der Waals surface area contributed by atoms with E-state index in [1.807, 2.05) is 30.1 Å². The Labute approximate surface area is 116 Å². The molecule has 2 amide bonds. The van der Waals surface area contributed by atoms with Crippen molar-refractivity contribution >= 4 is 23.4 Å². The predicted octanol–water partition coefficient (Wildman–Crippen LogP) is 2.57. The van der Waals surface area contributed by atoms with Crippen molar-refractivity contribution in [1.82, 2.24) is 10.3 Å². The zero-order chi connectivity index (χ0) is 13.3. The van der Waals surface area contributed by atoms with Crippen LogP contribution in [0.1, 0.15) is 12.0 Å². The van der Waals surface area contributed by atoms with Crippen molar-refractivity contribution in [2.75, 3.05) is 18.7 Å². The summed E-state index contributed by atoms with van der Waals surface area (Å²) in [4.78, 5) is 16.4. The first-order valence-corrected chi connectivity index (χ1v) is 7.44. The van der Waals surface area contributed by atoms with E-state index in [1.54, 1.807) is 13.2 Å². The van der Waals surface area contributed by atoms with Gasteiger partial charge in [-0.15, -0.1) is 11.8 Å². The molecule has 3 heterocycles. The number of pyridine rings is 1. The molecule has 0 aromatic carbocycles. The average Bonchev–Trinajstić information content (AvgIpc) is 2.88. The highest BCUT2D eigenvalue weighted by atomic mass is 32.2. The number of urea groups is 1. The Morgan fingerprint density at radius 3 is 3.16 bits per heavy atom. The quantitative estimate of drug-likeness (QED) is 0.800. The van der Waals surface area contributed by atoms with Crippen molar-refractivity contribution < 1.29 is 9.28 Å². The van der Waals surface area contributed by atoms with E-state index in [-0.39, 0.29) is 6.03 Å². The Morgan fingerprint density at radius 2 is 2.42 bits per heavy atom. The Kier molecular flexibility index (Phi) is 3.16. The molecule has 1 atom stereocenters. The maximum atomic E-state index is 12.3. The monoisotopic (exact) mass is 274 g/mol. The Hall–Kier alpha value is -1.59. The third-order valence-electron chi connectivity index (χ3n) is 3.56. The van der Waals surface area contributed by atoms with E-state index in [4.69, 9.17) is 0 Å². The Bertz CT molecular complexity index is 567.